The predicted octanol–water partition coefficient (Wildman–Crippen LogP) is 4.60. The highest BCUT2D eigenvalue weighted by molar-refractivity contribution is 5.92. The lowest BCUT2D eigenvalue weighted by Gasteiger charge is -2.12. The van der Waals surface area contributed by atoms with E-state index in [4.69, 9.17) is 4.98 Å². The second-order valence-electron chi connectivity index (χ2n) is 6.33. The zero-order valence-electron chi connectivity index (χ0n) is 15.5. The van der Waals surface area contributed by atoms with E-state index in [0.29, 0.717) is 18.7 Å². The highest BCUT2D eigenvalue weighted by Crippen LogP contribution is 2.29. The molecule has 4 nitrogen and oxygen atoms in total. The average Bonchev–Trinajstić information content (AvgIpc) is 3.06. The number of hydrogen-bond donors (Lipinski definition) is 1. The molecule has 3 rings (SSSR count). The van der Waals surface area contributed by atoms with Crippen LogP contribution >= 0.6 is 0 Å². The molecule has 1 heterocycles. The van der Waals surface area contributed by atoms with Crippen LogP contribution in [-0.4, -0.2) is 15.5 Å². The number of rotatable bonds is 7. The summed E-state index contributed by atoms with van der Waals surface area (Å²) in [7, 11) is 0. The van der Waals surface area contributed by atoms with Gasteiger partial charge in [-0.25, -0.2) is 4.98 Å². The van der Waals surface area contributed by atoms with E-state index in [9.17, 15) is 4.79 Å². The Hall–Kier alpha value is -3.40. The molecule has 0 radical (unpaired) electrons. The molecule has 0 fully saturated rings. The topological polar surface area (TPSA) is 46.9 Å². The molecule has 1 aromatic heterocycles. The summed E-state index contributed by atoms with van der Waals surface area (Å²) >= 11 is 0. The van der Waals surface area contributed by atoms with Gasteiger partial charge in [0.25, 0.3) is 0 Å². The second-order valence-corrected chi connectivity index (χ2v) is 6.33. The smallest absolute Gasteiger partial charge is 0.246 e. The van der Waals surface area contributed by atoms with E-state index in [1.807, 2.05) is 66.7 Å². The molecule has 3 aromatic rings. The van der Waals surface area contributed by atoms with E-state index in [0.717, 1.165) is 28.3 Å². The van der Waals surface area contributed by atoms with Gasteiger partial charge in [0, 0.05) is 23.2 Å². The Labute approximate surface area is 159 Å². The van der Waals surface area contributed by atoms with Gasteiger partial charge in [-0.05, 0) is 6.92 Å². The summed E-state index contributed by atoms with van der Waals surface area (Å²) < 4.78 is 2.10. The summed E-state index contributed by atoms with van der Waals surface area (Å²) in [6.45, 7) is 10.3. The predicted molar refractivity (Wildman–Crippen MR) is 110 cm³/mol. The van der Waals surface area contributed by atoms with Gasteiger partial charge < -0.3 is 9.88 Å². The van der Waals surface area contributed by atoms with E-state index < -0.39 is 0 Å². The Morgan fingerprint density at radius 3 is 2.22 bits per heavy atom. The standard InChI is InChI=1S/C23H23N3O/c1-4-15-26-20(16-24-23(27)17(2)3)21(18-11-7-5-8-12-18)25-22(26)19-13-9-6-10-14-19/h4-14H,1-2,15-16H2,3H3,(H,24,27). The largest absolute Gasteiger partial charge is 0.347 e. The third-order valence-corrected chi connectivity index (χ3v) is 4.27. The van der Waals surface area contributed by atoms with Crippen molar-refractivity contribution in [1.29, 1.82) is 0 Å². The Morgan fingerprint density at radius 1 is 1.07 bits per heavy atom. The maximum Gasteiger partial charge on any atom is 0.246 e. The lowest BCUT2D eigenvalue weighted by atomic mass is 10.1. The van der Waals surface area contributed by atoms with Crippen molar-refractivity contribution in [2.24, 2.45) is 0 Å². The number of carbonyl (C=O) groups is 1. The first-order chi connectivity index (χ1) is 13.1. The third-order valence-electron chi connectivity index (χ3n) is 4.27. The minimum absolute atomic E-state index is 0.165. The van der Waals surface area contributed by atoms with Crippen LogP contribution in [0.25, 0.3) is 22.6 Å². The van der Waals surface area contributed by atoms with Crippen LogP contribution in [-0.2, 0) is 17.9 Å². The van der Waals surface area contributed by atoms with Crippen LogP contribution in [0.15, 0.2) is 85.5 Å². The molecule has 0 atom stereocenters. The summed E-state index contributed by atoms with van der Waals surface area (Å²) in [4.78, 5) is 17.0. The van der Waals surface area contributed by atoms with E-state index in [-0.39, 0.29) is 5.91 Å². The Balaban J connectivity index is 2.14. The van der Waals surface area contributed by atoms with E-state index in [2.05, 4.69) is 23.0 Å². The number of nitrogens with zero attached hydrogens (tertiary/aromatic N) is 2. The van der Waals surface area contributed by atoms with Gasteiger partial charge in [-0.3, -0.25) is 4.79 Å². The average molecular weight is 357 g/mol. The van der Waals surface area contributed by atoms with Gasteiger partial charge in [0.15, 0.2) is 0 Å². The van der Waals surface area contributed by atoms with Gasteiger partial charge in [-0.2, -0.15) is 0 Å². The summed E-state index contributed by atoms with van der Waals surface area (Å²) in [5.41, 5.74) is 4.31. The van der Waals surface area contributed by atoms with Crippen molar-refractivity contribution in [3.05, 3.63) is 91.2 Å². The molecule has 4 heteroatoms. The fourth-order valence-electron chi connectivity index (χ4n) is 2.94. The number of hydrogen-bond acceptors (Lipinski definition) is 2. The molecule has 1 amide bonds. The molecule has 27 heavy (non-hydrogen) atoms. The van der Waals surface area contributed by atoms with Crippen molar-refractivity contribution in [1.82, 2.24) is 14.9 Å². The van der Waals surface area contributed by atoms with Crippen LogP contribution < -0.4 is 5.32 Å². The maximum atomic E-state index is 12.0. The molecular weight excluding hydrogens is 334 g/mol. The molecule has 2 aromatic carbocycles. The molecule has 0 saturated heterocycles. The molecule has 136 valence electrons. The van der Waals surface area contributed by atoms with Crippen LogP contribution in [0.5, 0.6) is 0 Å². The molecule has 0 aliphatic rings. The lowest BCUT2D eigenvalue weighted by molar-refractivity contribution is -0.117. The molecule has 0 aliphatic carbocycles. The zero-order valence-corrected chi connectivity index (χ0v) is 15.5. The van der Waals surface area contributed by atoms with E-state index >= 15 is 0 Å². The third kappa shape index (κ3) is 4.06. The fraction of sp³-hybridized carbons (Fsp3) is 0.130. The number of nitrogens with one attached hydrogen (secondary N) is 1. The number of amides is 1. The highest BCUT2D eigenvalue weighted by Gasteiger charge is 2.19. The van der Waals surface area contributed by atoms with Gasteiger partial charge >= 0.3 is 0 Å². The molecule has 0 aliphatic heterocycles. The van der Waals surface area contributed by atoms with Crippen LogP contribution in [0.4, 0.5) is 0 Å². The number of benzene rings is 2. The first kappa shape index (κ1) is 18.4. The number of allylic oxidation sites excluding steroid dienone is 1. The van der Waals surface area contributed by atoms with Gasteiger partial charge in [-0.15, -0.1) is 6.58 Å². The Morgan fingerprint density at radius 2 is 1.67 bits per heavy atom. The molecular formula is C23H23N3O. The van der Waals surface area contributed by atoms with Crippen molar-refractivity contribution in [2.75, 3.05) is 0 Å². The molecule has 0 spiro atoms. The zero-order chi connectivity index (χ0) is 19.2. The number of aromatic nitrogens is 2. The normalized spacial score (nSPS) is 10.4. The van der Waals surface area contributed by atoms with Gasteiger partial charge in [0.05, 0.1) is 17.9 Å². The Bertz CT molecular complexity index is 956. The van der Waals surface area contributed by atoms with E-state index in [1.165, 1.54) is 0 Å². The fourth-order valence-corrected chi connectivity index (χ4v) is 2.94. The monoisotopic (exact) mass is 357 g/mol. The van der Waals surface area contributed by atoms with Gasteiger partial charge in [0.1, 0.15) is 5.82 Å². The lowest BCUT2D eigenvalue weighted by Crippen LogP contribution is -2.25. The summed E-state index contributed by atoms with van der Waals surface area (Å²) in [6.07, 6.45) is 1.84. The van der Waals surface area contributed by atoms with Crippen LogP contribution in [0.1, 0.15) is 12.6 Å². The molecule has 0 bridgehead atoms. The van der Waals surface area contributed by atoms with Gasteiger partial charge in [-0.1, -0.05) is 73.3 Å². The molecule has 0 saturated carbocycles. The highest BCUT2D eigenvalue weighted by atomic mass is 16.1. The summed E-state index contributed by atoms with van der Waals surface area (Å²) in [6, 6.07) is 20.0. The second kappa shape index (κ2) is 8.32. The molecule has 0 unspecified atom stereocenters. The first-order valence-corrected chi connectivity index (χ1v) is 8.86. The van der Waals surface area contributed by atoms with Crippen molar-refractivity contribution in [3.63, 3.8) is 0 Å². The first-order valence-electron chi connectivity index (χ1n) is 8.86. The quantitative estimate of drug-likeness (QED) is 0.496. The summed E-state index contributed by atoms with van der Waals surface area (Å²) in [5, 5.41) is 2.94. The number of imidazole rings is 1. The van der Waals surface area contributed by atoms with Crippen LogP contribution in [0, 0.1) is 0 Å². The SMILES string of the molecule is C=CCn1c(-c2ccccc2)nc(-c2ccccc2)c1CNC(=O)C(=C)C. The Kier molecular flexibility index (Phi) is 5.67. The minimum atomic E-state index is -0.165. The number of carbonyl (C=O) groups excluding carboxylic acids is 1. The van der Waals surface area contributed by atoms with Gasteiger partial charge in [0.2, 0.25) is 5.91 Å². The van der Waals surface area contributed by atoms with Crippen LogP contribution in [0.2, 0.25) is 0 Å². The van der Waals surface area contributed by atoms with Crippen LogP contribution in [0.3, 0.4) is 0 Å². The van der Waals surface area contributed by atoms with Crippen molar-refractivity contribution < 1.29 is 4.79 Å². The summed E-state index contributed by atoms with van der Waals surface area (Å²) in [5.74, 6) is 0.690. The minimum Gasteiger partial charge on any atom is -0.347 e. The van der Waals surface area contributed by atoms with Crippen molar-refractivity contribution in [3.8, 4) is 22.6 Å². The van der Waals surface area contributed by atoms with Crippen molar-refractivity contribution in [2.45, 2.75) is 20.0 Å². The molecule has 1 N–H and O–H groups in total. The van der Waals surface area contributed by atoms with Crippen molar-refractivity contribution >= 4 is 5.91 Å². The maximum absolute atomic E-state index is 12.0. The van der Waals surface area contributed by atoms with E-state index in [1.54, 1.807) is 6.92 Å².